The molecule has 0 saturated carbocycles. The largest absolute Gasteiger partial charge is 0.378 e. The number of nitrogens with one attached hydrogen (secondary N) is 1. The van der Waals surface area contributed by atoms with Crippen LogP contribution in [0.25, 0.3) is 0 Å². The Hall–Kier alpha value is -0.610. The third-order valence-corrected chi connectivity index (χ3v) is 3.11. The van der Waals surface area contributed by atoms with Crippen molar-refractivity contribution in [3.63, 3.8) is 0 Å². The average molecular weight is 228 g/mol. The summed E-state index contributed by atoms with van der Waals surface area (Å²) in [6.45, 7) is 6.82. The van der Waals surface area contributed by atoms with E-state index in [9.17, 15) is 4.79 Å². The first kappa shape index (κ1) is 13.5. The first-order valence-corrected chi connectivity index (χ1v) is 6.19. The van der Waals surface area contributed by atoms with Gasteiger partial charge in [-0.05, 0) is 26.7 Å². The van der Waals surface area contributed by atoms with Crippen LogP contribution in [0.1, 0.15) is 46.5 Å². The van der Waals surface area contributed by atoms with Gasteiger partial charge in [-0.2, -0.15) is 0 Å². The molecule has 2 atom stereocenters. The lowest BCUT2D eigenvalue weighted by atomic mass is 9.84. The monoisotopic (exact) mass is 228 g/mol. The molecule has 94 valence electrons. The van der Waals surface area contributed by atoms with Gasteiger partial charge in [-0.15, -0.1) is 0 Å². The lowest BCUT2D eigenvalue weighted by Gasteiger charge is -2.40. The highest BCUT2D eigenvalue weighted by Gasteiger charge is 2.41. The Bertz CT molecular complexity index is 241. The van der Waals surface area contributed by atoms with Crippen LogP contribution in [-0.4, -0.2) is 30.2 Å². The molecule has 0 aromatic heterocycles. The highest BCUT2D eigenvalue weighted by molar-refractivity contribution is 5.84. The Morgan fingerprint density at radius 3 is 2.81 bits per heavy atom. The number of ether oxygens (including phenoxy) is 1. The van der Waals surface area contributed by atoms with Gasteiger partial charge in [-0.1, -0.05) is 13.3 Å². The van der Waals surface area contributed by atoms with Gasteiger partial charge in [0, 0.05) is 19.1 Å². The summed E-state index contributed by atoms with van der Waals surface area (Å²) in [5.41, 5.74) is 4.99. The molecule has 3 N–H and O–H groups in total. The van der Waals surface area contributed by atoms with Crippen molar-refractivity contribution in [2.75, 3.05) is 6.61 Å². The Kier molecular flexibility index (Phi) is 4.74. The fourth-order valence-electron chi connectivity index (χ4n) is 2.44. The van der Waals surface area contributed by atoms with Gasteiger partial charge in [0.1, 0.15) is 5.54 Å². The Labute approximate surface area is 97.9 Å². The number of primary amides is 1. The molecule has 1 fully saturated rings. The molecule has 1 heterocycles. The van der Waals surface area contributed by atoms with Crippen molar-refractivity contribution in [3.05, 3.63) is 0 Å². The third-order valence-electron chi connectivity index (χ3n) is 3.11. The van der Waals surface area contributed by atoms with Crippen LogP contribution in [0.3, 0.4) is 0 Å². The van der Waals surface area contributed by atoms with Crippen LogP contribution in [-0.2, 0) is 9.53 Å². The van der Waals surface area contributed by atoms with E-state index in [0.29, 0.717) is 19.4 Å². The van der Waals surface area contributed by atoms with E-state index in [1.165, 1.54) is 0 Å². The number of carbonyl (C=O) groups is 1. The molecule has 2 unspecified atom stereocenters. The van der Waals surface area contributed by atoms with Crippen molar-refractivity contribution in [1.29, 1.82) is 0 Å². The first-order chi connectivity index (χ1) is 7.50. The molecule has 1 saturated heterocycles. The van der Waals surface area contributed by atoms with Crippen LogP contribution in [0, 0.1) is 0 Å². The Balaban J connectivity index is 2.72. The summed E-state index contributed by atoms with van der Waals surface area (Å²) in [5, 5.41) is 3.33. The molecule has 16 heavy (non-hydrogen) atoms. The van der Waals surface area contributed by atoms with Crippen LogP contribution < -0.4 is 11.1 Å². The zero-order valence-corrected chi connectivity index (χ0v) is 10.6. The molecule has 1 amide bonds. The summed E-state index contributed by atoms with van der Waals surface area (Å²) in [7, 11) is 0. The number of hydrogen-bond acceptors (Lipinski definition) is 3. The van der Waals surface area contributed by atoms with Gasteiger partial charge >= 0.3 is 0 Å². The van der Waals surface area contributed by atoms with E-state index in [4.69, 9.17) is 10.5 Å². The zero-order valence-electron chi connectivity index (χ0n) is 10.6. The normalized spacial score (nSPS) is 30.6. The predicted octanol–water partition coefficient (Wildman–Crippen LogP) is 1.19. The van der Waals surface area contributed by atoms with Gasteiger partial charge in [-0.25, -0.2) is 0 Å². The standard InChI is InChI=1S/C12H24N2O2/c1-4-5-10-8-12(11(13)15,6-7-16-10)14-9(2)3/h9-10,14H,4-8H2,1-3H3,(H2,13,15). The van der Waals surface area contributed by atoms with Crippen LogP contribution in [0.2, 0.25) is 0 Å². The number of rotatable bonds is 5. The van der Waals surface area contributed by atoms with Gasteiger partial charge in [-0.3, -0.25) is 4.79 Å². The van der Waals surface area contributed by atoms with Crippen molar-refractivity contribution in [2.24, 2.45) is 5.73 Å². The van der Waals surface area contributed by atoms with Crippen molar-refractivity contribution >= 4 is 5.91 Å². The van der Waals surface area contributed by atoms with E-state index in [1.54, 1.807) is 0 Å². The minimum absolute atomic E-state index is 0.164. The molecule has 0 aliphatic carbocycles. The smallest absolute Gasteiger partial charge is 0.237 e. The van der Waals surface area contributed by atoms with Crippen molar-refractivity contribution in [3.8, 4) is 0 Å². The molecule has 0 bridgehead atoms. The number of nitrogens with two attached hydrogens (primary N) is 1. The minimum atomic E-state index is -0.563. The molecule has 4 heteroatoms. The number of hydrogen-bond donors (Lipinski definition) is 2. The van der Waals surface area contributed by atoms with Crippen molar-refractivity contribution < 1.29 is 9.53 Å². The fraction of sp³-hybridized carbons (Fsp3) is 0.917. The molecule has 4 nitrogen and oxygen atoms in total. The molecular formula is C12H24N2O2. The maximum absolute atomic E-state index is 11.7. The second kappa shape index (κ2) is 5.64. The summed E-state index contributed by atoms with van der Waals surface area (Å²) in [5.74, 6) is -0.245. The molecule has 1 aliphatic rings. The maximum Gasteiger partial charge on any atom is 0.237 e. The van der Waals surface area contributed by atoms with Crippen LogP contribution >= 0.6 is 0 Å². The molecule has 1 rings (SSSR count). The van der Waals surface area contributed by atoms with Crippen molar-refractivity contribution in [1.82, 2.24) is 5.32 Å². The van der Waals surface area contributed by atoms with Crippen LogP contribution in [0.5, 0.6) is 0 Å². The summed E-state index contributed by atoms with van der Waals surface area (Å²) < 4.78 is 5.66. The summed E-state index contributed by atoms with van der Waals surface area (Å²) in [6, 6.07) is 0.257. The zero-order chi connectivity index (χ0) is 12.2. The lowest BCUT2D eigenvalue weighted by Crippen LogP contribution is -2.61. The van der Waals surface area contributed by atoms with Gasteiger partial charge < -0.3 is 15.8 Å². The second-order valence-corrected chi connectivity index (χ2v) is 4.98. The third kappa shape index (κ3) is 3.19. The quantitative estimate of drug-likeness (QED) is 0.743. The summed E-state index contributed by atoms with van der Waals surface area (Å²) in [4.78, 5) is 11.7. The lowest BCUT2D eigenvalue weighted by molar-refractivity contribution is -0.132. The second-order valence-electron chi connectivity index (χ2n) is 4.98. The number of amides is 1. The van der Waals surface area contributed by atoms with E-state index >= 15 is 0 Å². The molecule has 0 aromatic rings. The Morgan fingerprint density at radius 2 is 2.31 bits per heavy atom. The van der Waals surface area contributed by atoms with Gasteiger partial charge in [0.2, 0.25) is 5.91 Å². The summed E-state index contributed by atoms with van der Waals surface area (Å²) >= 11 is 0. The molecule has 1 aliphatic heterocycles. The van der Waals surface area contributed by atoms with Crippen LogP contribution in [0.15, 0.2) is 0 Å². The molecular weight excluding hydrogens is 204 g/mol. The highest BCUT2D eigenvalue weighted by atomic mass is 16.5. The van der Waals surface area contributed by atoms with E-state index in [1.807, 2.05) is 13.8 Å². The highest BCUT2D eigenvalue weighted by Crippen LogP contribution is 2.27. The summed E-state index contributed by atoms with van der Waals surface area (Å²) in [6.07, 6.45) is 3.61. The first-order valence-electron chi connectivity index (χ1n) is 6.19. The number of carbonyl (C=O) groups excluding carboxylic acids is 1. The molecule has 0 aromatic carbocycles. The topological polar surface area (TPSA) is 64.3 Å². The fourth-order valence-corrected chi connectivity index (χ4v) is 2.44. The van der Waals surface area contributed by atoms with E-state index < -0.39 is 5.54 Å². The van der Waals surface area contributed by atoms with Crippen LogP contribution in [0.4, 0.5) is 0 Å². The SMILES string of the molecule is CCCC1CC(NC(C)C)(C(N)=O)CCO1. The van der Waals surface area contributed by atoms with E-state index in [2.05, 4.69) is 12.2 Å². The van der Waals surface area contributed by atoms with E-state index in [-0.39, 0.29) is 18.1 Å². The average Bonchev–Trinajstić information content (AvgIpc) is 2.17. The van der Waals surface area contributed by atoms with Gasteiger partial charge in [0.05, 0.1) is 6.10 Å². The maximum atomic E-state index is 11.7. The van der Waals surface area contributed by atoms with Crippen molar-refractivity contribution in [2.45, 2.75) is 64.1 Å². The van der Waals surface area contributed by atoms with E-state index in [0.717, 1.165) is 12.8 Å². The van der Waals surface area contributed by atoms with Gasteiger partial charge in [0.25, 0.3) is 0 Å². The predicted molar refractivity (Wildman–Crippen MR) is 64.1 cm³/mol. The molecule has 0 radical (unpaired) electrons. The molecule has 0 spiro atoms. The minimum Gasteiger partial charge on any atom is -0.378 e. The van der Waals surface area contributed by atoms with Gasteiger partial charge in [0.15, 0.2) is 0 Å². The Morgan fingerprint density at radius 1 is 1.62 bits per heavy atom.